The summed E-state index contributed by atoms with van der Waals surface area (Å²) in [6, 6.07) is 0. The highest BCUT2D eigenvalue weighted by molar-refractivity contribution is 5.32. The van der Waals surface area contributed by atoms with Crippen LogP contribution in [0.2, 0.25) is 0 Å². The van der Waals surface area contributed by atoms with E-state index in [9.17, 15) is 0 Å². The van der Waals surface area contributed by atoms with E-state index in [1.54, 1.807) is 38.5 Å². The van der Waals surface area contributed by atoms with Crippen LogP contribution in [0.15, 0.2) is 0 Å². The maximum atomic E-state index is 2.61. The van der Waals surface area contributed by atoms with Gasteiger partial charge in [-0.2, -0.15) is 0 Å². The van der Waals surface area contributed by atoms with E-state index in [-0.39, 0.29) is 0 Å². The Morgan fingerprint density at radius 2 is 1.56 bits per heavy atom. The van der Waals surface area contributed by atoms with Crippen molar-refractivity contribution in [3.05, 3.63) is 0 Å². The van der Waals surface area contributed by atoms with E-state index in [2.05, 4.69) is 19.0 Å². The maximum absolute atomic E-state index is 2.61. The van der Waals surface area contributed by atoms with E-state index in [1.165, 1.54) is 12.3 Å². The van der Waals surface area contributed by atoms with Crippen LogP contribution in [0.3, 0.4) is 0 Å². The van der Waals surface area contributed by atoms with Gasteiger partial charge in [0.15, 0.2) is 0 Å². The van der Waals surface area contributed by atoms with E-state index in [4.69, 9.17) is 0 Å². The molecule has 0 saturated heterocycles. The van der Waals surface area contributed by atoms with E-state index in [1.807, 2.05) is 0 Å². The Balaban J connectivity index is 1.64. The van der Waals surface area contributed by atoms with Crippen LogP contribution < -0.4 is 0 Å². The Hall–Kier alpha value is -0.0400. The Bertz CT molecular complexity index is 361. The van der Waals surface area contributed by atoms with Crippen molar-refractivity contribution in [1.29, 1.82) is 0 Å². The molecule has 1 nitrogen and oxygen atoms in total. The molecule has 5 saturated carbocycles. The first kappa shape index (κ1) is 8.97. The van der Waals surface area contributed by atoms with Crippen LogP contribution in [0, 0.1) is 28.6 Å². The first-order valence-electron chi connectivity index (χ1n) is 7.29. The van der Waals surface area contributed by atoms with Crippen molar-refractivity contribution in [3.63, 3.8) is 0 Å². The zero-order valence-electron chi connectivity index (χ0n) is 10.6. The molecular formula is C15H23N. The summed E-state index contributed by atoms with van der Waals surface area (Å²) in [5.74, 6) is 3.45. The average Bonchev–Trinajstić information content (AvgIpc) is 3.02. The van der Waals surface area contributed by atoms with Crippen molar-refractivity contribution in [2.75, 3.05) is 14.1 Å². The van der Waals surface area contributed by atoms with Gasteiger partial charge in [0.2, 0.25) is 0 Å². The summed E-state index contributed by atoms with van der Waals surface area (Å²) in [6.45, 7) is 0. The molecule has 88 valence electrons. The fourth-order valence-corrected chi connectivity index (χ4v) is 6.72. The fourth-order valence-electron chi connectivity index (χ4n) is 6.72. The van der Waals surface area contributed by atoms with Crippen LogP contribution in [-0.4, -0.2) is 24.5 Å². The highest BCUT2D eigenvalue weighted by Crippen LogP contribution is 2.90. The van der Waals surface area contributed by atoms with Crippen molar-refractivity contribution < 1.29 is 0 Å². The quantitative estimate of drug-likeness (QED) is 0.653. The minimum atomic E-state index is 0.616. The second-order valence-electron chi connectivity index (χ2n) is 8.06. The lowest BCUT2D eigenvalue weighted by atomic mass is 9.56. The second-order valence-corrected chi connectivity index (χ2v) is 8.06. The Morgan fingerprint density at radius 3 is 2.12 bits per heavy atom. The van der Waals surface area contributed by atoms with Gasteiger partial charge in [-0.1, -0.05) is 0 Å². The Morgan fingerprint density at radius 1 is 0.938 bits per heavy atom. The van der Waals surface area contributed by atoms with E-state index in [0.29, 0.717) is 5.54 Å². The molecule has 4 atom stereocenters. The van der Waals surface area contributed by atoms with Crippen LogP contribution in [0.5, 0.6) is 0 Å². The van der Waals surface area contributed by atoms with Crippen LogP contribution in [0.1, 0.15) is 44.9 Å². The number of hydrogen-bond acceptors (Lipinski definition) is 1. The zero-order valence-corrected chi connectivity index (χ0v) is 10.6. The lowest BCUT2D eigenvalue weighted by Gasteiger charge is -2.49. The molecular weight excluding hydrogens is 194 g/mol. The first-order chi connectivity index (χ1) is 7.61. The average molecular weight is 217 g/mol. The Labute approximate surface area is 98.6 Å². The molecule has 0 heterocycles. The van der Waals surface area contributed by atoms with Crippen LogP contribution in [0.4, 0.5) is 0 Å². The van der Waals surface area contributed by atoms with Gasteiger partial charge in [-0.3, -0.25) is 0 Å². The van der Waals surface area contributed by atoms with Gasteiger partial charge < -0.3 is 4.90 Å². The number of fused-ring (bicyclic) bond motifs is 2. The first-order valence-corrected chi connectivity index (χ1v) is 7.29. The van der Waals surface area contributed by atoms with E-state index in [0.717, 1.165) is 22.7 Å². The zero-order chi connectivity index (χ0) is 10.8. The molecule has 0 radical (unpaired) electrons. The summed E-state index contributed by atoms with van der Waals surface area (Å²) >= 11 is 0. The standard InChI is InChI=1S/C15H23N/c1-16(2)13-4-3-12-14(7-10(14)5-13)9-15(12)8-11(15)6-13/h10-12H,3-9H2,1-2H3. The van der Waals surface area contributed by atoms with Crippen LogP contribution in [0.25, 0.3) is 0 Å². The predicted octanol–water partition coefficient (Wildman–Crippen LogP) is 2.91. The van der Waals surface area contributed by atoms with E-state index >= 15 is 0 Å². The lowest BCUT2D eigenvalue weighted by Crippen LogP contribution is -2.46. The molecule has 5 aliphatic rings. The van der Waals surface area contributed by atoms with Gasteiger partial charge in [0.1, 0.15) is 0 Å². The number of nitrogens with zero attached hydrogens (tertiary/aromatic N) is 1. The normalized spacial score (nSPS) is 68.8. The van der Waals surface area contributed by atoms with Crippen molar-refractivity contribution in [3.8, 4) is 0 Å². The third-order valence-corrected chi connectivity index (χ3v) is 7.70. The lowest BCUT2D eigenvalue weighted by molar-refractivity contribution is -0.00823. The Kier molecular flexibility index (Phi) is 1.20. The van der Waals surface area contributed by atoms with Crippen LogP contribution in [-0.2, 0) is 0 Å². The molecule has 2 bridgehead atoms. The molecule has 0 aliphatic heterocycles. The maximum Gasteiger partial charge on any atom is 0.0209 e. The summed E-state index contributed by atoms with van der Waals surface area (Å²) < 4.78 is 0. The van der Waals surface area contributed by atoms with Gasteiger partial charge in [-0.15, -0.1) is 0 Å². The molecule has 4 unspecified atom stereocenters. The molecule has 0 aromatic carbocycles. The summed E-state index contributed by atoms with van der Waals surface area (Å²) in [5.41, 5.74) is 2.43. The topological polar surface area (TPSA) is 3.24 Å². The minimum absolute atomic E-state index is 0.616. The van der Waals surface area contributed by atoms with Gasteiger partial charge >= 0.3 is 0 Å². The smallest absolute Gasteiger partial charge is 0.0209 e. The van der Waals surface area contributed by atoms with Gasteiger partial charge in [0.25, 0.3) is 0 Å². The molecule has 5 rings (SSSR count). The molecule has 5 aliphatic carbocycles. The summed E-state index contributed by atoms with van der Waals surface area (Å²) in [7, 11) is 4.70. The third kappa shape index (κ3) is 0.698. The molecule has 2 spiro atoms. The van der Waals surface area contributed by atoms with Gasteiger partial charge in [0.05, 0.1) is 0 Å². The van der Waals surface area contributed by atoms with Crippen LogP contribution >= 0.6 is 0 Å². The molecule has 0 amide bonds. The van der Waals surface area contributed by atoms with Gasteiger partial charge in [-0.05, 0) is 87.6 Å². The molecule has 1 heteroatoms. The van der Waals surface area contributed by atoms with Crippen molar-refractivity contribution in [2.24, 2.45) is 28.6 Å². The SMILES string of the molecule is CN(C)C12CCC3C4(CC4C1)CC31CC1C2. The number of hydrogen-bond donors (Lipinski definition) is 0. The van der Waals surface area contributed by atoms with Crippen molar-refractivity contribution in [1.82, 2.24) is 4.90 Å². The van der Waals surface area contributed by atoms with Crippen molar-refractivity contribution >= 4 is 0 Å². The largest absolute Gasteiger partial charge is 0.304 e. The van der Waals surface area contributed by atoms with E-state index < -0.39 is 0 Å². The van der Waals surface area contributed by atoms with Gasteiger partial charge in [-0.25, -0.2) is 0 Å². The number of rotatable bonds is 1. The summed E-state index contributed by atoms with van der Waals surface area (Å²) in [6.07, 6.45) is 11.1. The summed E-state index contributed by atoms with van der Waals surface area (Å²) in [5, 5.41) is 0. The highest BCUT2D eigenvalue weighted by Gasteiger charge is 2.83. The van der Waals surface area contributed by atoms with Crippen molar-refractivity contribution in [2.45, 2.75) is 50.5 Å². The molecule has 0 N–H and O–H groups in total. The fraction of sp³-hybridized carbons (Fsp3) is 1.00. The highest BCUT2D eigenvalue weighted by atomic mass is 15.2. The minimum Gasteiger partial charge on any atom is -0.304 e. The molecule has 5 fully saturated rings. The van der Waals surface area contributed by atoms with Gasteiger partial charge in [0, 0.05) is 5.54 Å². The monoisotopic (exact) mass is 217 g/mol. The predicted molar refractivity (Wildman–Crippen MR) is 64.1 cm³/mol. The molecule has 0 aromatic rings. The third-order valence-electron chi connectivity index (χ3n) is 7.70. The second kappa shape index (κ2) is 2.13. The molecule has 0 aromatic heterocycles. The molecule has 16 heavy (non-hydrogen) atoms. The summed E-state index contributed by atoms with van der Waals surface area (Å²) in [4.78, 5) is 2.61.